The van der Waals surface area contributed by atoms with Gasteiger partial charge in [0, 0.05) is 34.1 Å². The molecule has 0 aromatic heterocycles. The zero-order chi connectivity index (χ0) is 51.6. The average Bonchev–Trinajstić information content (AvgIpc) is 3.59. The summed E-state index contributed by atoms with van der Waals surface area (Å²) >= 11 is 0. The Bertz CT molecular complexity index is 3880. The van der Waals surface area contributed by atoms with Crippen LogP contribution in [0.1, 0.15) is 37.7 Å². The Kier molecular flexibility index (Phi) is 11.2. The Morgan fingerprint density at radius 2 is 0.551 bits per heavy atom. The van der Waals surface area contributed by atoms with Crippen LogP contribution in [0.15, 0.2) is 285 Å². The summed E-state index contributed by atoms with van der Waals surface area (Å²) in [7, 11) is 0. The molecule has 0 amide bonds. The summed E-state index contributed by atoms with van der Waals surface area (Å²) in [6.07, 6.45) is 7.32. The molecule has 78 heavy (non-hydrogen) atoms. The maximum absolute atomic E-state index is 2.48. The summed E-state index contributed by atoms with van der Waals surface area (Å²) in [4.78, 5) is 4.77. The third kappa shape index (κ3) is 7.92. The molecule has 2 unspecified atom stereocenters. The van der Waals surface area contributed by atoms with Crippen molar-refractivity contribution in [2.24, 2.45) is 23.2 Å². The maximum Gasteiger partial charge on any atom is 0.0468 e. The zero-order valence-corrected chi connectivity index (χ0v) is 43.8. The number of hydrogen-bond acceptors (Lipinski definition) is 2. The zero-order valence-electron chi connectivity index (χ0n) is 43.8. The van der Waals surface area contributed by atoms with Gasteiger partial charge in [-0.1, -0.05) is 212 Å². The number of benzene rings is 11. The molecule has 0 saturated heterocycles. The molecule has 2 bridgehead atoms. The van der Waals surface area contributed by atoms with E-state index in [0.717, 1.165) is 68.4 Å². The Balaban J connectivity index is 0.743. The first-order chi connectivity index (χ1) is 38.5. The van der Waals surface area contributed by atoms with E-state index in [1.54, 1.807) is 5.56 Å². The Labute approximate surface area is 459 Å². The van der Waals surface area contributed by atoms with Crippen LogP contribution in [0.2, 0.25) is 0 Å². The number of hydrogen-bond donors (Lipinski definition) is 0. The van der Waals surface area contributed by atoms with Gasteiger partial charge in [0.25, 0.3) is 0 Å². The Morgan fingerprint density at radius 3 is 0.897 bits per heavy atom. The summed E-state index contributed by atoms with van der Waals surface area (Å²) in [6.45, 7) is 0. The van der Waals surface area contributed by atoms with Gasteiger partial charge in [0.05, 0.1) is 0 Å². The van der Waals surface area contributed by atoms with E-state index in [9.17, 15) is 0 Å². The number of anilines is 6. The number of fused-ring (bicyclic) bond motifs is 1. The van der Waals surface area contributed by atoms with Gasteiger partial charge in [-0.25, -0.2) is 0 Å². The molecular formula is C76H60N2. The van der Waals surface area contributed by atoms with E-state index >= 15 is 0 Å². The Morgan fingerprint density at radius 1 is 0.256 bits per heavy atom. The van der Waals surface area contributed by atoms with Gasteiger partial charge in [0.2, 0.25) is 0 Å². The van der Waals surface area contributed by atoms with Gasteiger partial charge in [-0.2, -0.15) is 0 Å². The first-order valence-corrected chi connectivity index (χ1v) is 28.1. The largest absolute Gasteiger partial charge is 0.311 e. The molecule has 4 aliphatic carbocycles. The van der Waals surface area contributed by atoms with E-state index in [2.05, 4.69) is 295 Å². The lowest BCUT2D eigenvalue weighted by molar-refractivity contribution is -0.175. The van der Waals surface area contributed by atoms with Crippen LogP contribution in [0.3, 0.4) is 0 Å². The van der Waals surface area contributed by atoms with Gasteiger partial charge < -0.3 is 9.80 Å². The normalized spacial score (nSPS) is 20.3. The van der Waals surface area contributed by atoms with Crippen LogP contribution in [0.5, 0.6) is 0 Å². The maximum atomic E-state index is 2.48. The molecule has 11 aromatic rings. The van der Waals surface area contributed by atoms with Gasteiger partial charge in [-0.05, 0) is 206 Å². The fourth-order valence-electron chi connectivity index (χ4n) is 15.0. The van der Waals surface area contributed by atoms with Crippen LogP contribution in [-0.2, 0) is 5.41 Å². The van der Waals surface area contributed by atoms with Gasteiger partial charge in [-0.3, -0.25) is 0 Å². The van der Waals surface area contributed by atoms with Gasteiger partial charge >= 0.3 is 0 Å². The van der Waals surface area contributed by atoms with Crippen LogP contribution in [0.4, 0.5) is 34.1 Å². The molecule has 0 N–H and O–H groups in total. The van der Waals surface area contributed by atoms with Crippen molar-refractivity contribution in [2.75, 3.05) is 9.80 Å². The predicted octanol–water partition coefficient (Wildman–Crippen LogP) is 20.7. The molecule has 374 valence electrons. The van der Waals surface area contributed by atoms with E-state index in [0.29, 0.717) is 5.41 Å². The van der Waals surface area contributed by atoms with Crippen molar-refractivity contribution < 1.29 is 0 Å². The van der Waals surface area contributed by atoms with Gasteiger partial charge in [0.15, 0.2) is 0 Å². The van der Waals surface area contributed by atoms with Crippen LogP contribution in [-0.4, -0.2) is 0 Å². The molecular weight excluding hydrogens is 941 g/mol. The fraction of sp³-hybridized carbons (Fsp3) is 0.132. The molecule has 2 nitrogen and oxygen atoms in total. The first kappa shape index (κ1) is 46.3. The average molecular weight is 1000 g/mol. The molecule has 0 heterocycles. The van der Waals surface area contributed by atoms with Crippen LogP contribution in [0, 0.1) is 23.2 Å². The van der Waals surface area contributed by atoms with E-state index in [-0.39, 0.29) is 0 Å². The molecule has 15 rings (SSSR count). The highest BCUT2D eigenvalue weighted by Gasteiger charge is 2.77. The monoisotopic (exact) mass is 1000 g/mol. The first-order valence-electron chi connectivity index (χ1n) is 28.1. The summed E-state index contributed by atoms with van der Waals surface area (Å²) in [6, 6.07) is 105. The smallest absolute Gasteiger partial charge is 0.0468 e. The minimum atomic E-state index is 0.431. The quantitative estimate of drug-likeness (QED) is 0.114. The van der Waals surface area contributed by atoms with E-state index < -0.39 is 0 Å². The molecule has 2 heteroatoms. The van der Waals surface area contributed by atoms with E-state index in [4.69, 9.17) is 0 Å². The molecule has 1 spiro atoms. The lowest BCUT2D eigenvalue weighted by Gasteiger charge is -2.66. The third-order valence-corrected chi connectivity index (χ3v) is 18.8. The predicted molar refractivity (Wildman–Crippen MR) is 326 cm³/mol. The van der Waals surface area contributed by atoms with Crippen molar-refractivity contribution in [1.82, 2.24) is 0 Å². The Hall–Kier alpha value is -8.98. The van der Waals surface area contributed by atoms with Gasteiger partial charge in [0.1, 0.15) is 0 Å². The highest BCUT2D eigenvalue weighted by Crippen LogP contribution is 2.84. The molecule has 11 aromatic carbocycles. The fourth-order valence-corrected chi connectivity index (χ4v) is 15.0. The lowest BCUT2D eigenvalue weighted by atomic mass is 9.38. The standard InChI is InChI=1S/C76H60N2/c1-5-13-53(14-6-1)56-23-35-67(36-24-56)77(68-37-27-58(28-38-68)55-21-33-63(34-22-55)75-50-65-47-64-48-66(51-75)76(64,65)52-75)69-39-29-59(30-40-69)60-31-43-71(44-32-60)78(70-41-25-57(26-42-70)54-15-7-2-8-16-54)72-45-46-73(61-17-9-3-10-18-61)74(49-72)62-19-11-4-12-20-62/h1-46,49,64-66H,47-48,50-52H2. The summed E-state index contributed by atoms with van der Waals surface area (Å²) < 4.78 is 0. The molecule has 0 aliphatic heterocycles. The number of rotatable bonds is 13. The van der Waals surface area contributed by atoms with Crippen molar-refractivity contribution in [2.45, 2.75) is 37.5 Å². The van der Waals surface area contributed by atoms with Crippen molar-refractivity contribution in [3.63, 3.8) is 0 Å². The molecule has 4 saturated carbocycles. The van der Waals surface area contributed by atoms with Gasteiger partial charge in [-0.15, -0.1) is 0 Å². The van der Waals surface area contributed by atoms with Crippen molar-refractivity contribution in [3.05, 3.63) is 291 Å². The minimum Gasteiger partial charge on any atom is -0.311 e. The van der Waals surface area contributed by atoms with Crippen LogP contribution < -0.4 is 9.80 Å². The molecule has 0 radical (unpaired) electrons. The van der Waals surface area contributed by atoms with Crippen molar-refractivity contribution in [1.29, 1.82) is 0 Å². The minimum absolute atomic E-state index is 0.431. The molecule has 2 atom stereocenters. The van der Waals surface area contributed by atoms with Crippen molar-refractivity contribution >= 4 is 34.1 Å². The summed E-state index contributed by atoms with van der Waals surface area (Å²) in [5.74, 6) is 3.05. The second kappa shape index (κ2) is 18.9. The second-order valence-corrected chi connectivity index (χ2v) is 22.7. The SMILES string of the molecule is c1ccc(-c2ccc(N(c3ccc(-c4ccc(N(c5ccc(-c6ccccc6)cc5)c5ccc(-c6ccccc6)c(-c6ccccc6)c5)cc4)cc3)c3ccc(-c4ccc(C56CC7CC8CC(C5)C87C6)cc4)cc3)cc2)cc1. The number of nitrogens with zero attached hydrogens (tertiary/aromatic N) is 2. The third-order valence-electron chi connectivity index (χ3n) is 18.8. The van der Waals surface area contributed by atoms with Crippen molar-refractivity contribution in [3.8, 4) is 66.8 Å². The lowest BCUT2D eigenvalue weighted by Crippen LogP contribution is -2.59. The van der Waals surface area contributed by atoms with E-state index in [1.807, 2.05) is 0 Å². The highest BCUT2D eigenvalue weighted by atomic mass is 15.1. The topological polar surface area (TPSA) is 6.48 Å². The van der Waals surface area contributed by atoms with E-state index in [1.165, 1.54) is 87.7 Å². The molecule has 4 fully saturated rings. The second-order valence-electron chi connectivity index (χ2n) is 22.7. The van der Waals surface area contributed by atoms with Crippen LogP contribution >= 0.6 is 0 Å². The summed E-state index contributed by atoms with van der Waals surface area (Å²) in [5, 5.41) is 0. The highest BCUT2D eigenvalue weighted by molar-refractivity contribution is 5.90. The molecule has 4 aliphatic rings. The van der Waals surface area contributed by atoms with Crippen LogP contribution in [0.25, 0.3) is 66.8 Å². The summed E-state index contributed by atoms with van der Waals surface area (Å²) in [5.41, 5.74) is 23.8.